The minimum Gasteiger partial charge on any atom is -0.311 e. The van der Waals surface area contributed by atoms with Crippen LogP contribution in [-0.2, 0) is 16.0 Å². The van der Waals surface area contributed by atoms with Gasteiger partial charge < -0.3 is 10.2 Å². The Balaban J connectivity index is 1.41. The Bertz CT molecular complexity index is 1460. The van der Waals surface area contributed by atoms with Crippen molar-refractivity contribution in [1.29, 1.82) is 0 Å². The molecule has 0 aliphatic carbocycles. The molecule has 0 saturated carbocycles. The van der Waals surface area contributed by atoms with Crippen LogP contribution in [0.25, 0.3) is 16.7 Å². The Labute approximate surface area is 204 Å². The second kappa shape index (κ2) is 8.98. The number of aryl methyl sites for hydroxylation is 4. The van der Waals surface area contributed by atoms with Gasteiger partial charge in [0.1, 0.15) is 5.82 Å². The number of amides is 2. The molecule has 1 fully saturated rings. The molecule has 4 aromatic rings. The molecule has 1 aliphatic rings. The summed E-state index contributed by atoms with van der Waals surface area (Å²) in [5.41, 5.74) is 5.82. The number of hydrogen-bond acceptors (Lipinski definition) is 4. The molecule has 0 radical (unpaired) electrons. The van der Waals surface area contributed by atoms with Gasteiger partial charge in [0.15, 0.2) is 5.82 Å². The monoisotopic (exact) mass is 467 g/mol. The van der Waals surface area contributed by atoms with Gasteiger partial charge in [0, 0.05) is 30.1 Å². The quantitative estimate of drug-likeness (QED) is 0.453. The molecule has 1 unspecified atom stereocenters. The van der Waals surface area contributed by atoms with E-state index in [1.807, 2.05) is 75.4 Å². The Morgan fingerprint density at radius 3 is 2.66 bits per heavy atom. The summed E-state index contributed by atoms with van der Waals surface area (Å²) in [4.78, 5) is 32.8. The first kappa shape index (κ1) is 22.8. The average Bonchev–Trinajstić information content (AvgIpc) is 3.40. The molecule has 3 heterocycles. The van der Waals surface area contributed by atoms with Gasteiger partial charge in [-0.2, -0.15) is 9.78 Å². The van der Waals surface area contributed by atoms with Crippen LogP contribution in [-0.4, -0.2) is 33.1 Å². The lowest BCUT2D eigenvalue weighted by atomic mass is 10.0. The van der Waals surface area contributed by atoms with Crippen molar-refractivity contribution in [2.24, 2.45) is 5.92 Å². The molecule has 1 atom stereocenters. The number of pyridine rings is 1. The van der Waals surface area contributed by atoms with E-state index < -0.39 is 5.92 Å². The van der Waals surface area contributed by atoms with Crippen LogP contribution in [0.1, 0.15) is 35.7 Å². The van der Waals surface area contributed by atoms with E-state index in [9.17, 15) is 9.59 Å². The summed E-state index contributed by atoms with van der Waals surface area (Å²) < 4.78 is 1.66. The third-order valence-electron chi connectivity index (χ3n) is 6.68. The topological polar surface area (TPSA) is 80.1 Å². The molecule has 7 heteroatoms. The van der Waals surface area contributed by atoms with Crippen LogP contribution < -0.4 is 10.2 Å². The molecule has 1 aliphatic heterocycles. The van der Waals surface area contributed by atoms with E-state index in [-0.39, 0.29) is 18.2 Å². The van der Waals surface area contributed by atoms with Gasteiger partial charge in [-0.05, 0) is 56.0 Å². The minimum absolute atomic E-state index is 0.0225. The molecule has 2 amide bonds. The van der Waals surface area contributed by atoms with Crippen molar-refractivity contribution in [2.75, 3.05) is 16.8 Å². The molecule has 178 valence electrons. The van der Waals surface area contributed by atoms with Gasteiger partial charge in [-0.1, -0.05) is 43.3 Å². The van der Waals surface area contributed by atoms with Crippen LogP contribution in [0, 0.1) is 26.7 Å². The number of fused-ring (bicyclic) bond motifs is 1. The zero-order valence-electron chi connectivity index (χ0n) is 20.5. The highest BCUT2D eigenvalue weighted by molar-refractivity contribution is 6.04. The lowest BCUT2D eigenvalue weighted by molar-refractivity contribution is -0.122. The van der Waals surface area contributed by atoms with Crippen molar-refractivity contribution in [3.8, 4) is 5.82 Å². The highest BCUT2D eigenvalue weighted by Gasteiger charge is 2.36. The number of para-hydroxylation sites is 2. The summed E-state index contributed by atoms with van der Waals surface area (Å²) in [6.45, 7) is 8.37. The molecule has 2 aromatic carbocycles. The highest BCUT2D eigenvalue weighted by atomic mass is 16.2. The fraction of sp³-hybridized carbons (Fsp3) is 0.286. The fourth-order valence-electron chi connectivity index (χ4n) is 4.92. The predicted octanol–water partition coefficient (Wildman–Crippen LogP) is 4.90. The summed E-state index contributed by atoms with van der Waals surface area (Å²) in [5.74, 6) is 0.533. The van der Waals surface area contributed by atoms with E-state index in [4.69, 9.17) is 4.98 Å². The first-order chi connectivity index (χ1) is 16.9. The van der Waals surface area contributed by atoms with Crippen molar-refractivity contribution < 1.29 is 9.59 Å². The third-order valence-corrected chi connectivity index (χ3v) is 6.68. The maximum atomic E-state index is 13.3. The van der Waals surface area contributed by atoms with E-state index in [0.29, 0.717) is 18.2 Å². The Morgan fingerprint density at radius 2 is 1.86 bits per heavy atom. The summed E-state index contributed by atoms with van der Waals surface area (Å²) in [7, 11) is 0. The second-order valence-electron chi connectivity index (χ2n) is 9.23. The smallest absolute Gasteiger partial charge is 0.230 e. The fourth-order valence-corrected chi connectivity index (χ4v) is 4.92. The number of nitrogens with zero attached hydrogens (tertiary/aromatic N) is 4. The highest BCUT2D eigenvalue weighted by Crippen LogP contribution is 2.32. The van der Waals surface area contributed by atoms with Gasteiger partial charge in [0.25, 0.3) is 0 Å². The van der Waals surface area contributed by atoms with Crippen LogP contribution >= 0.6 is 0 Å². The molecule has 7 nitrogen and oxygen atoms in total. The number of carbonyl (C=O) groups excluding carboxylic acids is 2. The number of rotatable bonds is 5. The molecule has 5 rings (SSSR count). The van der Waals surface area contributed by atoms with E-state index in [0.717, 1.165) is 45.4 Å². The van der Waals surface area contributed by atoms with Gasteiger partial charge in [-0.25, -0.2) is 4.98 Å². The Kier molecular flexibility index (Phi) is 5.84. The Morgan fingerprint density at radius 1 is 1.06 bits per heavy atom. The number of nitrogens with one attached hydrogen (secondary N) is 1. The van der Waals surface area contributed by atoms with Crippen LogP contribution in [0.3, 0.4) is 0 Å². The molecular formula is C28H29N5O2. The lowest BCUT2D eigenvalue weighted by Gasteiger charge is -2.22. The van der Waals surface area contributed by atoms with Crippen LogP contribution in [0.4, 0.5) is 11.5 Å². The van der Waals surface area contributed by atoms with Gasteiger partial charge in [-0.3, -0.25) is 9.59 Å². The van der Waals surface area contributed by atoms with Gasteiger partial charge in [0.2, 0.25) is 11.8 Å². The molecule has 0 bridgehead atoms. The summed E-state index contributed by atoms with van der Waals surface area (Å²) in [5, 5.41) is 8.68. The van der Waals surface area contributed by atoms with Crippen LogP contribution in [0.2, 0.25) is 0 Å². The largest absolute Gasteiger partial charge is 0.311 e. The van der Waals surface area contributed by atoms with Crippen LogP contribution in [0.5, 0.6) is 0 Å². The maximum Gasteiger partial charge on any atom is 0.230 e. The first-order valence-corrected chi connectivity index (χ1v) is 12.0. The lowest BCUT2D eigenvalue weighted by Crippen LogP contribution is -2.29. The number of aromatic nitrogens is 3. The molecule has 35 heavy (non-hydrogen) atoms. The van der Waals surface area contributed by atoms with Gasteiger partial charge >= 0.3 is 0 Å². The second-order valence-corrected chi connectivity index (χ2v) is 9.23. The molecule has 1 saturated heterocycles. The number of carbonyl (C=O) groups is 2. The van der Waals surface area contributed by atoms with E-state index in [1.54, 1.807) is 9.58 Å². The van der Waals surface area contributed by atoms with Crippen molar-refractivity contribution in [3.63, 3.8) is 0 Å². The summed E-state index contributed by atoms with van der Waals surface area (Å²) in [6.07, 6.45) is 1.01. The summed E-state index contributed by atoms with van der Waals surface area (Å²) >= 11 is 0. The molecule has 0 spiro atoms. The van der Waals surface area contributed by atoms with Crippen molar-refractivity contribution in [1.82, 2.24) is 14.8 Å². The standard InChI is InChI=1S/C28H29N5O2/c1-5-20-10-8-9-17(2)27(20)32-16-21(15-26(32)34)28(35)30-25-14-19(4)31-33(25)24-13-18(3)22-11-6-7-12-23(22)29-24/h6-14,21H,5,15-16H2,1-4H3,(H,30,35). The van der Waals surface area contributed by atoms with Crippen molar-refractivity contribution >= 4 is 34.2 Å². The van der Waals surface area contributed by atoms with Crippen molar-refractivity contribution in [2.45, 2.75) is 40.5 Å². The van der Waals surface area contributed by atoms with E-state index in [2.05, 4.69) is 17.3 Å². The normalized spacial score (nSPS) is 15.7. The SMILES string of the molecule is CCc1cccc(C)c1N1CC(C(=O)Nc2cc(C)nn2-c2cc(C)c3ccccc3n2)CC1=O. The first-order valence-electron chi connectivity index (χ1n) is 12.0. The average molecular weight is 468 g/mol. The molecule has 2 aromatic heterocycles. The van der Waals surface area contributed by atoms with Gasteiger partial charge in [-0.15, -0.1) is 0 Å². The third kappa shape index (κ3) is 4.18. The zero-order chi connectivity index (χ0) is 24.7. The summed E-state index contributed by atoms with van der Waals surface area (Å²) in [6, 6.07) is 17.8. The number of anilines is 2. The maximum absolute atomic E-state index is 13.3. The number of benzene rings is 2. The van der Waals surface area contributed by atoms with E-state index >= 15 is 0 Å². The Hall–Kier alpha value is -4.00. The van der Waals surface area contributed by atoms with Gasteiger partial charge in [0.05, 0.1) is 17.1 Å². The minimum atomic E-state index is -0.443. The van der Waals surface area contributed by atoms with E-state index in [1.165, 1.54) is 0 Å². The molecular weight excluding hydrogens is 438 g/mol. The molecule has 1 N–H and O–H groups in total. The predicted molar refractivity (Wildman–Crippen MR) is 138 cm³/mol. The van der Waals surface area contributed by atoms with Crippen molar-refractivity contribution in [3.05, 3.63) is 77.0 Å². The zero-order valence-corrected chi connectivity index (χ0v) is 20.5. The van der Waals surface area contributed by atoms with Crippen LogP contribution in [0.15, 0.2) is 54.6 Å². The number of hydrogen-bond donors (Lipinski definition) is 1.